The Labute approximate surface area is 119 Å². The zero-order chi connectivity index (χ0) is 13.9. The van der Waals surface area contributed by atoms with E-state index >= 15 is 0 Å². The Morgan fingerprint density at radius 2 is 1.80 bits per heavy atom. The van der Waals surface area contributed by atoms with Gasteiger partial charge in [-0.2, -0.15) is 0 Å². The third kappa shape index (κ3) is 2.42. The maximum atomic E-state index is 5.92. The highest BCUT2D eigenvalue weighted by atomic mass is 16.5. The number of furan rings is 1. The summed E-state index contributed by atoms with van der Waals surface area (Å²) in [5.41, 5.74) is 3.37. The van der Waals surface area contributed by atoms with Crippen LogP contribution in [0.3, 0.4) is 0 Å². The average Bonchev–Trinajstić information content (AvgIpc) is 2.91. The van der Waals surface area contributed by atoms with Gasteiger partial charge in [0, 0.05) is 10.9 Å². The van der Waals surface area contributed by atoms with Crippen molar-refractivity contribution in [1.29, 1.82) is 0 Å². The van der Waals surface area contributed by atoms with Gasteiger partial charge >= 0.3 is 0 Å². The van der Waals surface area contributed by atoms with E-state index < -0.39 is 0 Å². The van der Waals surface area contributed by atoms with Crippen LogP contribution >= 0.6 is 0 Å². The van der Waals surface area contributed by atoms with Crippen LogP contribution in [0, 0.1) is 0 Å². The third-order valence-corrected chi connectivity index (χ3v) is 3.49. The number of methoxy groups -OCH3 is 1. The molecule has 0 aliphatic heterocycles. The van der Waals surface area contributed by atoms with Crippen LogP contribution in [0.1, 0.15) is 18.9 Å². The van der Waals surface area contributed by atoms with Crippen molar-refractivity contribution in [1.82, 2.24) is 0 Å². The molecule has 102 valence electrons. The van der Waals surface area contributed by atoms with Crippen molar-refractivity contribution in [2.45, 2.75) is 19.8 Å². The van der Waals surface area contributed by atoms with E-state index in [1.54, 1.807) is 7.11 Å². The van der Waals surface area contributed by atoms with Crippen molar-refractivity contribution < 1.29 is 9.15 Å². The van der Waals surface area contributed by atoms with E-state index in [0.717, 1.165) is 35.5 Å². The van der Waals surface area contributed by atoms with Gasteiger partial charge in [0.15, 0.2) is 0 Å². The van der Waals surface area contributed by atoms with E-state index in [1.807, 2.05) is 24.3 Å². The van der Waals surface area contributed by atoms with Crippen LogP contribution in [0.25, 0.3) is 22.3 Å². The highest BCUT2D eigenvalue weighted by Gasteiger charge is 2.07. The summed E-state index contributed by atoms with van der Waals surface area (Å²) in [5, 5.41) is 1.17. The quantitative estimate of drug-likeness (QED) is 0.658. The van der Waals surface area contributed by atoms with Crippen LogP contribution in [-0.4, -0.2) is 7.11 Å². The Morgan fingerprint density at radius 1 is 1.00 bits per heavy atom. The van der Waals surface area contributed by atoms with Gasteiger partial charge in [-0.3, -0.25) is 0 Å². The fourth-order valence-corrected chi connectivity index (χ4v) is 2.43. The largest absolute Gasteiger partial charge is 0.497 e. The summed E-state index contributed by atoms with van der Waals surface area (Å²) in [4.78, 5) is 0. The monoisotopic (exact) mass is 266 g/mol. The molecule has 1 heterocycles. The van der Waals surface area contributed by atoms with Gasteiger partial charge < -0.3 is 9.15 Å². The summed E-state index contributed by atoms with van der Waals surface area (Å²) in [7, 11) is 1.67. The topological polar surface area (TPSA) is 22.4 Å². The maximum Gasteiger partial charge on any atom is 0.135 e. The molecule has 0 radical (unpaired) electrons. The number of benzene rings is 2. The lowest BCUT2D eigenvalue weighted by atomic mass is 10.1. The highest BCUT2D eigenvalue weighted by molar-refractivity contribution is 5.83. The number of aryl methyl sites for hydroxylation is 1. The first-order valence-electron chi connectivity index (χ1n) is 6.97. The Hall–Kier alpha value is -2.22. The predicted octanol–water partition coefficient (Wildman–Crippen LogP) is 5.06. The maximum absolute atomic E-state index is 5.92. The van der Waals surface area contributed by atoms with Gasteiger partial charge in [-0.25, -0.2) is 0 Å². The summed E-state index contributed by atoms with van der Waals surface area (Å²) in [6.45, 7) is 2.20. The molecule has 0 N–H and O–H groups in total. The molecule has 0 fully saturated rings. The summed E-state index contributed by atoms with van der Waals surface area (Å²) in [6, 6.07) is 16.5. The van der Waals surface area contributed by atoms with E-state index in [-0.39, 0.29) is 0 Å². The molecule has 1 aromatic heterocycles. The third-order valence-electron chi connectivity index (χ3n) is 3.49. The highest BCUT2D eigenvalue weighted by Crippen LogP contribution is 2.29. The SMILES string of the molecule is CCCc1ccc2oc(-c3ccc(OC)cc3)cc2c1. The normalized spacial score (nSPS) is 10.9. The Balaban J connectivity index is 1.98. The number of hydrogen-bond acceptors (Lipinski definition) is 2. The van der Waals surface area contributed by atoms with Crippen molar-refractivity contribution in [3.63, 3.8) is 0 Å². The molecule has 0 spiro atoms. The first-order valence-corrected chi connectivity index (χ1v) is 6.97. The van der Waals surface area contributed by atoms with Gasteiger partial charge in [-0.05, 0) is 54.4 Å². The molecule has 0 aliphatic rings. The van der Waals surface area contributed by atoms with Gasteiger partial charge in [0.1, 0.15) is 17.1 Å². The van der Waals surface area contributed by atoms with E-state index in [1.165, 1.54) is 10.9 Å². The Bertz CT molecular complexity index is 708. The molecule has 3 rings (SSSR count). The van der Waals surface area contributed by atoms with Crippen molar-refractivity contribution in [3.05, 3.63) is 54.1 Å². The van der Waals surface area contributed by atoms with E-state index in [0.29, 0.717) is 0 Å². The molecule has 0 saturated carbocycles. The molecule has 0 atom stereocenters. The van der Waals surface area contributed by atoms with Gasteiger partial charge in [-0.1, -0.05) is 19.4 Å². The lowest BCUT2D eigenvalue weighted by Gasteiger charge is -2.00. The average molecular weight is 266 g/mol. The fourth-order valence-electron chi connectivity index (χ4n) is 2.43. The number of ether oxygens (including phenoxy) is 1. The minimum Gasteiger partial charge on any atom is -0.497 e. The number of hydrogen-bond donors (Lipinski definition) is 0. The van der Waals surface area contributed by atoms with Crippen LogP contribution in [0.4, 0.5) is 0 Å². The minimum atomic E-state index is 0.857. The van der Waals surface area contributed by atoms with E-state index in [4.69, 9.17) is 9.15 Å². The molecular weight excluding hydrogens is 248 g/mol. The fraction of sp³-hybridized carbons (Fsp3) is 0.222. The van der Waals surface area contributed by atoms with Crippen LogP contribution in [-0.2, 0) is 6.42 Å². The van der Waals surface area contributed by atoms with Crippen LogP contribution < -0.4 is 4.74 Å². The smallest absolute Gasteiger partial charge is 0.135 e. The van der Waals surface area contributed by atoms with Gasteiger partial charge in [0.2, 0.25) is 0 Å². The first kappa shape index (κ1) is 12.8. The second-order valence-electron chi connectivity index (χ2n) is 4.96. The van der Waals surface area contributed by atoms with Crippen LogP contribution in [0.2, 0.25) is 0 Å². The van der Waals surface area contributed by atoms with E-state index in [9.17, 15) is 0 Å². The molecule has 0 saturated heterocycles. The first-order chi connectivity index (χ1) is 9.80. The molecule has 3 aromatic rings. The second-order valence-corrected chi connectivity index (χ2v) is 4.96. The molecular formula is C18H18O2. The minimum absolute atomic E-state index is 0.857. The van der Waals surface area contributed by atoms with Crippen molar-refractivity contribution >= 4 is 11.0 Å². The summed E-state index contributed by atoms with van der Waals surface area (Å²) >= 11 is 0. The van der Waals surface area contributed by atoms with Crippen molar-refractivity contribution in [2.24, 2.45) is 0 Å². The lowest BCUT2D eigenvalue weighted by molar-refractivity contribution is 0.415. The lowest BCUT2D eigenvalue weighted by Crippen LogP contribution is -1.81. The van der Waals surface area contributed by atoms with E-state index in [2.05, 4.69) is 31.2 Å². The van der Waals surface area contributed by atoms with Crippen molar-refractivity contribution in [2.75, 3.05) is 7.11 Å². The number of rotatable bonds is 4. The standard InChI is InChI=1S/C18H18O2/c1-3-4-13-5-10-17-15(11-13)12-18(20-17)14-6-8-16(19-2)9-7-14/h5-12H,3-4H2,1-2H3. The molecule has 2 nitrogen and oxygen atoms in total. The second kappa shape index (κ2) is 5.41. The molecule has 20 heavy (non-hydrogen) atoms. The zero-order valence-electron chi connectivity index (χ0n) is 11.8. The van der Waals surface area contributed by atoms with Crippen LogP contribution in [0.5, 0.6) is 5.75 Å². The summed E-state index contributed by atoms with van der Waals surface area (Å²) < 4.78 is 11.1. The zero-order valence-corrected chi connectivity index (χ0v) is 11.8. The van der Waals surface area contributed by atoms with Gasteiger partial charge in [0.05, 0.1) is 7.11 Å². The molecule has 0 unspecified atom stereocenters. The molecule has 0 amide bonds. The van der Waals surface area contributed by atoms with Gasteiger partial charge in [-0.15, -0.1) is 0 Å². The molecule has 2 aromatic carbocycles. The van der Waals surface area contributed by atoms with Gasteiger partial charge in [0.25, 0.3) is 0 Å². The summed E-state index contributed by atoms with van der Waals surface area (Å²) in [6.07, 6.45) is 2.27. The Morgan fingerprint density at radius 3 is 2.50 bits per heavy atom. The molecule has 0 bridgehead atoms. The van der Waals surface area contributed by atoms with Crippen molar-refractivity contribution in [3.8, 4) is 17.1 Å². The Kier molecular flexibility index (Phi) is 3.46. The van der Waals surface area contributed by atoms with Crippen LogP contribution in [0.15, 0.2) is 52.9 Å². The molecule has 2 heteroatoms. The number of fused-ring (bicyclic) bond motifs is 1. The predicted molar refractivity (Wildman–Crippen MR) is 82.2 cm³/mol. The molecule has 0 aliphatic carbocycles. The summed E-state index contributed by atoms with van der Waals surface area (Å²) in [5.74, 6) is 1.76.